The van der Waals surface area contributed by atoms with Gasteiger partial charge in [-0.15, -0.1) is 0 Å². The highest BCUT2D eigenvalue weighted by molar-refractivity contribution is 6.31. The van der Waals surface area contributed by atoms with Crippen LogP contribution in [0.5, 0.6) is 0 Å². The Hall–Kier alpha value is -2.59. The lowest BCUT2D eigenvalue weighted by Crippen LogP contribution is -2.03. The number of nitrogens with zero attached hydrogens (tertiary/aromatic N) is 2. The highest BCUT2D eigenvalue weighted by atomic mass is 35.5. The maximum atomic E-state index is 12.7. The van der Waals surface area contributed by atoms with Crippen molar-refractivity contribution in [2.75, 3.05) is 0 Å². The topological polar surface area (TPSA) is 48.0 Å². The first-order valence-electron chi connectivity index (χ1n) is 6.82. The monoisotopic (exact) mass is 310 g/mol. The molecule has 2 heterocycles. The van der Waals surface area contributed by atoms with E-state index in [1.807, 2.05) is 30.3 Å². The van der Waals surface area contributed by atoms with Crippen LogP contribution in [-0.4, -0.2) is 9.78 Å². The molecule has 22 heavy (non-hydrogen) atoms. The number of aromatic nitrogens is 2. The molecule has 4 rings (SSSR count). The van der Waals surface area contributed by atoms with Crippen LogP contribution in [0.15, 0.2) is 57.7 Å². The molecule has 2 aromatic heterocycles. The second kappa shape index (κ2) is 4.71. The van der Waals surface area contributed by atoms with E-state index in [2.05, 4.69) is 5.10 Å². The van der Waals surface area contributed by atoms with E-state index >= 15 is 0 Å². The number of hydrogen-bond acceptors (Lipinski definition) is 3. The second-order valence-electron chi connectivity index (χ2n) is 5.08. The van der Waals surface area contributed by atoms with Crippen molar-refractivity contribution in [2.24, 2.45) is 0 Å². The van der Waals surface area contributed by atoms with Crippen molar-refractivity contribution in [1.82, 2.24) is 9.78 Å². The minimum atomic E-state index is -0.113. The van der Waals surface area contributed by atoms with Crippen molar-refractivity contribution in [2.45, 2.75) is 6.92 Å². The van der Waals surface area contributed by atoms with Crippen LogP contribution in [-0.2, 0) is 0 Å². The van der Waals surface area contributed by atoms with Crippen molar-refractivity contribution in [1.29, 1.82) is 0 Å². The molecule has 2 aromatic carbocycles. The fourth-order valence-corrected chi connectivity index (χ4v) is 2.79. The summed E-state index contributed by atoms with van der Waals surface area (Å²) in [5.74, 6) is 0. The summed E-state index contributed by atoms with van der Waals surface area (Å²) in [5, 5.41) is 5.92. The van der Waals surface area contributed by atoms with Crippen LogP contribution >= 0.6 is 11.6 Å². The average molecular weight is 311 g/mol. The van der Waals surface area contributed by atoms with Gasteiger partial charge in [-0.25, -0.2) is 0 Å². The third kappa shape index (κ3) is 1.84. The molecule has 0 atom stereocenters. The molecule has 0 bridgehead atoms. The van der Waals surface area contributed by atoms with E-state index in [9.17, 15) is 4.79 Å². The van der Waals surface area contributed by atoms with Gasteiger partial charge >= 0.3 is 0 Å². The first-order chi connectivity index (χ1) is 10.6. The minimum absolute atomic E-state index is 0.113. The lowest BCUT2D eigenvalue weighted by molar-refractivity contribution is 0.621. The zero-order valence-corrected chi connectivity index (χ0v) is 12.5. The Kier molecular flexibility index (Phi) is 2.81. The van der Waals surface area contributed by atoms with E-state index in [0.717, 1.165) is 5.69 Å². The third-order valence-electron chi connectivity index (χ3n) is 3.64. The molecule has 0 aliphatic heterocycles. The van der Waals surface area contributed by atoms with Gasteiger partial charge < -0.3 is 4.42 Å². The van der Waals surface area contributed by atoms with Gasteiger partial charge in [-0.2, -0.15) is 9.78 Å². The molecule has 0 spiro atoms. The van der Waals surface area contributed by atoms with Crippen molar-refractivity contribution in [3.63, 3.8) is 0 Å². The summed E-state index contributed by atoms with van der Waals surface area (Å²) in [6.07, 6.45) is 0. The predicted molar refractivity (Wildman–Crippen MR) is 86.9 cm³/mol. The molecular weight excluding hydrogens is 300 g/mol. The fraction of sp³-hybridized carbons (Fsp3) is 0.0588. The van der Waals surface area contributed by atoms with E-state index in [1.54, 1.807) is 29.8 Å². The molecule has 0 aliphatic carbocycles. The smallest absolute Gasteiger partial charge is 0.234 e. The number of aryl methyl sites for hydroxylation is 1. The zero-order valence-electron chi connectivity index (χ0n) is 11.7. The van der Waals surface area contributed by atoms with Gasteiger partial charge in [0.1, 0.15) is 11.0 Å². The summed E-state index contributed by atoms with van der Waals surface area (Å²) in [5.41, 5.74) is 2.31. The Labute approximate surface area is 130 Å². The van der Waals surface area contributed by atoms with Crippen molar-refractivity contribution in [3.05, 3.63) is 69.5 Å². The molecule has 0 fully saturated rings. The molecule has 0 radical (unpaired) electrons. The number of halogens is 1. The summed E-state index contributed by atoms with van der Waals surface area (Å²) >= 11 is 5.98. The Bertz CT molecular complexity index is 1060. The highest BCUT2D eigenvalue weighted by Gasteiger charge is 2.17. The van der Waals surface area contributed by atoms with Gasteiger partial charge in [-0.05, 0) is 37.3 Å². The lowest BCUT2D eigenvalue weighted by atomic mass is 10.2. The Morgan fingerprint density at radius 1 is 1.14 bits per heavy atom. The number of hydrogen-bond donors (Lipinski definition) is 0. The van der Waals surface area contributed by atoms with Crippen molar-refractivity contribution >= 4 is 33.7 Å². The molecule has 0 aliphatic rings. The minimum Gasteiger partial charge on any atom is -0.437 e. The van der Waals surface area contributed by atoms with Crippen LogP contribution in [0.25, 0.3) is 27.8 Å². The zero-order chi connectivity index (χ0) is 15.3. The molecule has 4 aromatic rings. The number of rotatable bonds is 1. The first kappa shape index (κ1) is 13.1. The van der Waals surface area contributed by atoms with Crippen LogP contribution < -0.4 is 5.43 Å². The van der Waals surface area contributed by atoms with Gasteiger partial charge in [0.05, 0.1) is 16.8 Å². The Morgan fingerprint density at radius 3 is 2.68 bits per heavy atom. The summed E-state index contributed by atoms with van der Waals surface area (Å²) in [6, 6.07) is 14.6. The van der Waals surface area contributed by atoms with Crippen molar-refractivity contribution in [3.8, 4) is 5.69 Å². The maximum absolute atomic E-state index is 12.7. The summed E-state index contributed by atoms with van der Waals surface area (Å²) in [6.45, 7) is 1.80. The summed E-state index contributed by atoms with van der Waals surface area (Å²) < 4.78 is 7.58. The average Bonchev–Trinajstić information content (AvgIpc) is 2.86. The number of para-hydroxylation sites is 1. The summed E-state index contributed by atoms with van der Waals surface area (Å²) in [7, 11) is 0. The van der Waals surface area contributed by atoms with E-state index in [1.165, 1.54) is 0 Å². The molecule has 0 N–H and O–H groups in total. The Balaban J connectivity index is 2.17. The molecule has 0 unspecified atom stereocenters. The van der Waals surface area contributed by atoms with Gasteiger partial charge in [0.2, 0.25) is 11.1 Å². The maximum Gasteiger partial charge on any atom is 0.234 e. The number of fused-ring (bicyclic) bond motifs is 2. The van der Waals surface area contributed by atoms with Gasteiger partial charge in [-0.1, -0.05) is 29.8 Å². The van der Waals surface area contributed by atoms with Gasteiger partial charge in [0, 0.05) is 5.02 Å². The molecule has 4 nitrogen and oxygen atoms in total. The standard InChI is InChI=1S/C17H11ClN2O2/c1-10-15-16(21)13-9-11(18)7-8-14(13)22-17(15)20(19-10)12-5-3-2-4-6-12/h2-9H,1H3. The van der Waals surface area contributed by atoms with Gasteiger partial charge in [0.15, 0.2) is 0 Å². The molecular formula is C17H11ClN2O2. The molecule has 108 valence electrons. The SMILES string of the molecule is Cc1nn(-c2ccccc2)c2oc3ccc(Cl)cc3c(=O)c12. The van der Waals surface area contributed by atoms with E-state index < -0.39 is 0 Å². The third-order valence-corrected chi connectivity index (χ3v) is 3.87. The van der Waals surface area contributed by atoms with Crippen LogP contribution in [0.2, 0.25) is 5.02 Å². The van der Waals surface area contributed by atoms with Crippen molar-refractivity contribution < 1.29 is 4.42 Å². The summed E-state index contributed by atoms with van der Waals surface area (Å²) in [4.78, 5) is 12.7. The van der Waals surface area contributed by atoms with E-state index in [-0.39, 0.29) is 5.43 Å². The quantitative estimate of drug-likeness (QED) is 0.532. The van der Waals surface area contributed by atoms with E-state index in [4.69, 9.17) is 16.0 Å². The van der Waals surface area contributed by atoms with E-state index in [0.29, 0.717) is 32.8 Å². The second-order valence-corrected chi connectivity index (χ2v) is 5.52. The van der Waals surface area contributed by atoms with Crippen LogP contribution in [0.3, 0.4) is 0 Å². The highest BCUT2D eigenvalue weighted by Crippen LogP contribution is 2.25. The van der Waals surface area contributed by atoms with Crippen LogP contribution in [0.1, 0.15) is 5.69 Å². The largest absolute Gasteiger partial charge is 0.437 e. The van der Waals surface area contributed by atoms with Gasteiger partial charge in [-0.3, -0.25) is 4.79 Å². The molecule has 0 saturated heterocycles. The first-order valence-corrected chi connectivity index (χ1v) is 7.20. The van der Waals surface area contributed by atoms with Crippen LogP contribution in [0.4, 0.5) is 0 Å². The predicted octanol–water partition coefficient (Wildman–Crippen LogP) is 4.09. The van der Waals surface area contributed by atoms with Gasteiger partial charge in [0.25, 0.3) is 0 Å². The molecule has 0 amide bonds. The Morgan fingerprint density at radius 2 is 1.91 bits per heavy atom. The lowest BCUT2D eigenvalue weighted by Gasteiger charge is -2.03. The molecule has 0 saturated carbocycles. The number of benzene rings is 2. The normalized spacial score (nSPS) is 11.4. The molecule has 5 heteroatoms. The fourth-order valence-electron chi connectivity index (χ4n) is 2.61. The van der Waals surface area contributed by atoms with Crippen LogP contribution in [0, 0.1) is 6.92 Å².